The fourth-order valence-corrected chi connectivity index (χ4v) is 1.69. The molecule has 3 nitrogen and oxygen atoms in total. The molecule has 2 aromatic rings. The third kappa shape index (κ3) is 4.30. The number of nitrogens with zero attached hydrogens (tertiary/aromatic N) is 2. The largest absolute Gasteiger partial charge is 0.417 e. The van der Waals surface area contributed by atoms with E-state index in [0.717, 1.165) is 17.8 Å². The molecule has 0 aliphatic rings. The molecule has 0 saturated heterocycles. The topological polar surface area (TPSA) is 37.3 Å². The molecule has 0 unspecified atom stereocenters. The number of hydrogen-bond acceptors (Lipinski definition) is 3. The van der Waals surface area contributed by atoms with Crippen LogP contribution >= 0.6 is 0 Å². The van der Waals surface area contributed by atoms with Gasteiger partial charge < -0.3 is 0 Å². The molecular weight excluding hydrogens is 279 g/mol. The van der Waals surface area contributed by atoms with Gasteiger partial charge in [0.05, 0.1) is 5.56 Å². The van der Waals surface area contributed by atoms with E-state index in [0.29, 0.717) is 0 Å². The molecule has 0 saturated carbocycles. The highest BCUT2D eigenvalue weighted by Gasteiger charge is 2.30. The van der Waals surface area contributed by atoms with Gasteiger partial charge in [-0.15, -0.1) is 0 Å². The van der Waals surface area contributed by atoms with Gasteiger partial charge in [-0.05, 0) is 17.7 Å². The van der Waals surface area contributed by atoms with Crippen LogP contribution in [-0.4, -0.2) is 11.2 Å². The summed E-state index contributed by atoms with van der Waals surface area (Å²) in [6.45, 7) is 1.97. The average molecular weight is 293 g/mol. The van der Waals surface area contributed by atoms with Crippen LogP contribution < -0.4 is 5.43 Å². The van der Waals surface area contributed by atoms with Crippen molar-refractivity contribution >= 4 is 12.0 Å². The number of alkyl halides is 3. The zero-order valence-electron chi connectivity index (χ0n) is 11.3. The molecule has 0 aliphatic carbocycles. The molecule has 0 spiro atoms. The summed E-state index contributed by atoms with van der Waals surface area (Å²) in [6, 6.07) is 12.0. The molecule has 1 heterocycles. The minimum atomic E-state index is -4.38. The standard InChI is InChI=1S/C15H14F3N3/c1-11(12-5-3-2-4-6-12)9-20-21-14-8-7-13(10-19-14)15(16,17)18/h2-11H,1H3,(H,19,21)/b20-9-/t11-/m0/s1. The minimum Gasteiger partial charge on any atom is -0.262 e. The Balaban J connectivity index is 1.95. The van der Waals surface area contributed by atoms with Gasteiger partial charge in [0.2, 0.25) is 0 Å². The van der Waals surface area contributed by atoms with E-state index < -0.39 is 11.7 Å². The van der Waals surface area contributed by atoms with E-state index in [1.54, 1.807) is 6.21 Å². The third-order valence-corrected chi connectivity index (χ3v) is 2.89. The molecule has 0 radical (unpaired) electrons. The van der Waals surface area contributed by atoms with Crippen molar-refractivity contribution in [2.24, 2.45) is 5.10 Å². The van der Waals surface area contributed by atoms with Crippen molar-refractivity contribution in [1.29, 1.82) is 0 Å². The molecule has 0 fully saturated rings. The maximum atomic E-state index is 12.4. The predicted octanol–water partition coefficient (Wildman–Crippen LogP) is 4.30. The highest BCUT2D eigenvalue weighted by atomic mass is 19.4. The number of halogens is 3. The lowest BCUT2D eigenvalue weighted by molar-refractivity contribution is -0.137. The smallest absolute Gasteiger partial charge is 0.262 e. The number of benzene rings is 1. The van der Waals surface area contributed by atoms with E-state index in [1.165, 1.54) is 6.07 Å². The number of rotatable bonds is 4. The quantitative estimate of drug-likeness (QED) is 0.674. The summed E-state index contributed by atoms with van der Waals surface area (Å²) in [5.74, 6) is 0.354. The van der Waals surface area contributed by atoms with Gasteiger partial charge in [-0.25, -0.2) is 4.98 Å². The first-order chi connectivity index (χ1) is 9.97. The van der Waals surface area contributed by atoms with E-state index in [-0.39, 0.29) is 11.7 Å². The van der Waals surface area contributed by atoms with Crippen molar-refractivity contribution in [3.8, 4) is 0 Å². The van der Waals surface area contributed by atoms with Gasteiger partial charge in [0.1, 0.15) is 5.82 Å². The summed E-state index contributed by atoms with van der Waals surface area (Å²) >= 11 is 0. The van der Waals surface area contributed by atoms with Crippen LogP contribution in [0.4, 0.5) is 19.0 Å². The lowest BCUT2D eigenvalue weighted by Gasteiger charge is -2.07. The van der Waals surface area contributed by atoms with Crippen LogP contribution in [0.2, 0.25) is 0 Å². The van der Waals surface area contributed by atoms with Crippen molar-refractivity contribution in [3.05, 3.63) is 59.8 Å². The molecule has 0 aliphatic heterocycles. The van der Waals surface area contributed by atoms with Gasteiger partial charge in [0.25, 0.3) is 0 Å². The molecule has 0 amide bonds. The highest BCUT2D eigenvalue weighted by molar-refractivity contribution is 5.68. The second kappa shape index (κ2) is 6.39. The van der Waals surface area contributed by atoms with E-state index in [9.17, 15) is 13.2 Å². The molecule has 21 heavy (non-hydrogen) atoms. The number of aromatic nitrogens is 1. The first-order valence-electron chi connectivity index (χ1n) is 6.34. The van der Waals surface area contributed by atoms with Crippen molar-refractivity contribution in [2.45, 2.75) is 19.0 Å². The zero-order chi connectivity index (χ0) is 15.3. The lowest BCUT2D eigenvalue weighted by atomic mass is 10.0. The SMILES string of the molecule is C[C@@H](/C=N\Nc1ccc(C(F)(F)F)cn1)c1ccccc1. The number of nitrogens with one attached hydrogen (secondary N) is 1. The van der Waals surface area contributed by atoms with Gasteiger partial charge in [-0.3, -0.25) is 5.43 Å². The first-order valence-corrected chi connectivity index (χ1v) is 6.34. The Morgan fingerprint density at radius 1 is 1.14 bits per heavy atom. The Morgan fingerprint density at radius 3 is 2.43 bits per heavy atom. The fraction of sp³-hybridized carbons (Fsp3) is 0.200. The first kappa shape index (κ1) is 15.0. The zero-order valence-corrected chi connectivity index (χ0v) is 11.3. The summed E-state index contributed by atoms with van der Waals surface area (Å²) in [6.07, 6.45) is -1.93. The van der Waals surface area contributed by atoms with Crippen LogP contribution in [0.15, 0.2) is 53.8 Å². The Morgan fingerprint density at radius 2 is 1.86 bits per heavy atom. The Kier molecular flexibility index (Phi) is 4.57. The molecule has 110 valence electrons. The maximum absolute atomic E-state index is 12.4. The van der Waals surface area contributed by atoms with Crippen LogP contribution in [-0.2, 0) is 6.18 Å². The van der Waals surface area contributed by atoms with E-state index in [4.69, 9.17) is 0 Å². The molecule has 0 bridgehead atoms. The van der Waals surface area contributed by atoms with Crippen LogP contribution in [0.3, 0.4) is 0 Å². The van der Waals surface area contributed by atoms with Crippen molar-refractivity contribution in [3.63, 3.8) is 0 Å². The van der Waals surface area contributed by atoms with E-state index >= 15 is 0 Å². The van der Waals surface area contributed by atoms with Gasteiger partial charge in [0.15, 0.2) is 0 Å². The second-order valence-electron chi connectivity index (χ2n) is 4.52. The van der Waals surface area contributed by atoms with Crippen LogP contribution in [0.1, 0.15) is 24.0 Å². The summed E-state index contributed by atoms with van der Waals surface area (Å²) in [5.41, 5.74) is 2.93. The Labute approximate surface area is 120 Å². The Bertz CT molecular complexity index is 592. The molecule has 6 heteroatoms. The number of hydrazone groups is 1. The van der Waals surface area contributed by atoms with Crippen molar-refractivity contribution in [2.75, 3.05) is 5.43 Å². The summed E-state index contributed by atoms with van der Waals surface area (Å²) in [5, 5.41) is 3.99. The lowest BCUT2D eigenvalue weighted by Crippen LogP contribution is -2.06. The molecular formula is C15H14F3N3. The number of pyridine rings is 1. The van der Waals surface area contributed by atoms with E-state index in [1.807, 2.05) is 37.3 Å². The predicted molar refractivity (Wildman–Crippen MR) is 76.2 cm³/mol. The minimum absolute atomic E-state index is 0.0909. The van der Waals surface area contributed by atoms with Gasteiger partial charge >= 0.3 is 6.18 Å². The van der Waals surface area contributed by atoms with Crippen molar-refractivity contribution < 1.29 is 13.2 Å². The molecule has 2 rings (SSSR count). The maximum Gasteiger partial charge on any atom is 0.417 e. The summed E-state index contributed by atoms with van der Waals surface area (Å²) < 4.78 is 37.1. The normalized spacial score (nSPS) is 13.3. The monoisotopic (exact) mass is 293 g/mol. The average Bonchev–Trinajstić information content (AvgIpc) is 2.47. The Hall–Kier alpha value is -2.37. The van der Waals surface area contributed by atoms with Crippen LogP contribution in [0.5, 0.6) is 0 Å². The van der Waals surface area contributed by atoms with Crippen LogP contribution in [0, 0.1) is 0 Å². The molecule has 1 aromatic carbocycles. The molecule has 1 aromatic heterocycles. The molecule has 1 atom stereocenters. The van der Waals surface area contributed by atoms with Gasteiger partial charge in [0, 0.05) is 18.3 Å². The van der Waals surface area contributed by atoms with E-state index in [2.05, 4.69) is 15.5 Å². The number of anilines is 1. The summed E-state index contributed by atoms with van der Waals surface area (Å²) in [4.78, 5) is 3.67. The summed E-state index contributed by atoms with van der Waals surface area (Å²) in [7, 11) is 0. The second-order valence-corrected chi connectivity index (χ2v) is 4.52. The highest BCUT2D eigenvalue weighted by Crippen LogP contribution is 2.28. The van der Waals surface area contributed by atoms with Gasteiger partial charge in [-0.2, -0.15) is 18.3 Å². The van der Waals surface area contributed by atoms with Crippen LogP contribution in [0.25, 0.3) is 0 Å². The molecule has 1 N–H and O–H groups in total. The van der Waals surface area contributed by atoms with Gasteiger partial charge in [-0.1, -0.05) is 37.3 Å². The fourth-order valence-electron chi connectivity index (χ4n) is 1.69. The third-order valence-electron chi connectivity index (χ3n) is 2.89. The number of hydrogen-bond donors (Lipinski definition) is 1. The van der Waals surface area contributed by atoms with Crippen molar-refractivity contribution in [1.82, 2.24) is 4.98 Å².